The van der Waals surface area contributed by atoms with E-state index in [0.717, 1.165) is 30.7 Å². The maximum absolute atomic E-state index is 12.7. The summed E-state index contributed by atoms with van der Waals surface area (Å²) in [5.41, 5.74) is 2.87. The van der Waals surface area contributed by atoms with E-state index in [9.17, 15) is 19.9 Å². The minimum atomic E-state index is -1.75. The molecule has 6 nitrogen and oxygen atoms in total. The van der Waals surface area contributed by atoms with Crippen LogP contribution in [0, 0.1) is 6.92 Å². The number of carbonyl (C=O) groups is 1. The van der Waals surface area contributed by atoms with E-state index in [-0.39, 0.29) is 18.1 Å². The third-order valence-electron chi connectivity index (χ3n) is 6.18. The van der Waals surface area contributed by atoms with Crippen molar-refractivity contribution in [2.24, 2.45) is 0 Å². The van der Waals surface area contributed by atoms with Crippen molar-refractivity contribution in [3.8, 4) is 5.75 Å². The van der Waals surface area contributed by atoms with Crippen LogP contribution < -0.4 is 5.32 Å². The molecule has 7 heteroatoms. The van der Waals surface area contributed by atoms with Gasteiger partial charge in [-0.3, -0.25) is 4.79 Å². The average Bonchev–Trinajstić information content (AvgIpc) is 2.75. The smallest absolute Gasteiger partial charge is 0.475 e. The molecule has 0 aliphatic carbocycles. The highest BCUT2D eigenvalue weighted by Crippen LogP contribution is 2.23. The van der Waals surface area contributed by atoms with Gasteiger partial charge in [0.05, 0.1) is 25.6 Å². The number of nitrogens with zero attached hydrogens (tertiary/aromatic N) is 1. The van der Waals surface area contributed by atoms with Gasteiger partial charge >= 0.3 is 7.12 Å². The molecule has 0 spiro atoms. The van der Waals surface area contributed by atoms with E-state index in [1.54, 1.807) is 37.3 Å². The van der Waals surface area contributed by atoms with Crippen LogP contribution in [-0.4, -0.2) is 58.2 Å². The minimum absolute atomic E-state index is 0.103. The molecule has 30 heavy (non-hydrogen) atoms. The Morgan fingerprint density at radius 3 is 2.17 bits per heavy atom. The Kier molecular flexibility index (Phi) is 8.47. The molecule has 0 heterocycles. The molecule has 0 aliphatic heterocycles. The van der Waals surface area contributed by atoms with Gasteiger partial charge in [-0.2, -0.15) is 0 Å². The average molecular weight is 413 g/mol. The number of nitrogens with one attached hydrogen (secondary N) is 1. The van der Waals surface area contributed by atoms with Crippen molar-refractivity contribution in [2.75, 3.05) is 19.6 Å². The second kappa shape index (κ2) is 10.6. The molecule has 0 radical (unpaired) electrons. The van der Waals surface area contributed by atoms with Crippen molar-refractivity contribution in [3.05, 3.63) is 64.7 Å². The number of phenolic OH excluding ortho intramolecular Hbond substituents is 1. The second-order valence-electron chi connectivity index (χ2n) is 7.93. The number of quaternary nitrogens is 1. The lowest BCUT2D eigenvalue weighted by molar-refractivity contribution is -0.936. The Labute approximate surface area is 179 Å². The van der Waals surface area contributed by atoms with Crippen LogP contribution in [0.2, 0.25) is 0 Å². The summed E-state index contributed by atoms with van der Waals surface area (Å²) >= 11 is 0. The molecule has 0 saturated heterocycles. The van der Waals surface area contributed by atoms with Crippen LogP contribution in [0.15, 0.2) is 42.5 Å². The standard InChI is InChI=1S/C23H33BN2O4/c1-5-26(6-2,7-3)16-18-11-13-19(14-12-18)23(28)25-21(24(29)30)15-20-10-8-9-17(4)22(20)27/h8-14,21,29-30H,5-7,15-16H2,1-4H3,(H-,25,27,28)/p+1/t21-/m0/s1. The number of rotatable bonds is 10. The van der Waals surface area contributed by atoms with Gasteiger partial charge in [-0.05, 0) is 57.4 Å². The van der Waals surface area contributed by atoms with E-state index in [1.807, 2.05) is 12.1 Å². The van der Waals surface area contributed by atoms with Gasteiger partial charge < -0.3 is 25.0 Å². The summed E-state index contributed by atoms with van der Waals surface area (Å²) in [5, 5.41) is 32.3. The fourth-order valence-electron chi connectivity index (χ4n) is 3.76. The molecule has 1 amide bonds. The number of hydrogen-bond acceptors (Lipinski definition) is 4. The van der Waals surface area contributed by atoms with E-state index in [0.29, 0.717) is 16.7 Å². The van der Waals surface area contributed by atoms with E-state index < -0.39 is 13.1 Å². The van der Waals surface area contributed by atoms with E-state index in [4.69, 9.17) is 0 Å². The van der Waals surface area contributed by atoms with Crippen LogP contribution in [0.3, 0.4) is 0 Å². The molecule has 0 unspecified atom stereocenters. The molecular weight excluding hydrogens is 379 g/mol. The van der Waals surface area contributed by atoms with Gasteiger partial charge in [-0.15, -0.1) is 0 Å². The molecule has 0 saturated carbocycles. The van der Waals surface area contributed by atoms with Gasteiger partial charge in [-0.25, -0.2) is 0 Å². The number of aromatic hydroxyl groups is 1. The third-order valence-corrected chi connectivity index (χ3v) is 6.18. The maximum atomic E-state index is 12.7. The lowest BCUT2D eigenvalue weighted by Crippen LogP contribution is -2.48. The Morgan fingerprint density at radius 1 is 1.03 bits per heavy atom. The SMILES string of the molecule is CC[N+](CC)(CC)Cc1ccc(C(=O)N[C@@H](Cc2cccc(C)c2O)B(O)O)cc1. The summed E-state index contributed by atoms with van der Waals surface area (Å²) < 4.78 is 0.990. The Bertz CT molecular complexity index is 827. The molecule has 162 valence electrons. The second-order valence-corrected chi connectivity index (χ2v) is 7.93. The highest BCUT2D eigenvalue weighted by molar-refractivity contribution is 6.43. The van der Waals surface area contributed by atoms with Crippen molar-refractivity contribution in [1.82, 2.24) is 5.32 Å². The fraction of sp³-hybridized carbons (Fsp3) is 0.435. The van der Waals surface area contributed by atoms with Crippen molar-refractivity contribution >= 4 is 13.0 Å². The van der Waals surface area contributed by atoms with Crippen LogP contribution in [0.4, 0.5) is 0 Å². The lowest BCUT2D eigenvalue weighted by atomic mass is 9.75. The van der Waals surface area contributed by atoms with Crippen molar-refractivity contribution < 1.29 is 24.4 Å². The van der Waals surface area contributed by atoms with Crippen LogP contribution in [0.1, 0.15) is 47.8 Å². The molecule has 2 aromatic rings. The van der Waals surface area contributed by atoms with Crippen LogP contribution >= 0.6 is 0 Å². The molecule has 1 atom stereocenters. The van der Waals surface area contributed by atoms with E-state index in [2.05, 4.69) is 26.1 Å². The molecule has 4 N–H and O–H groups in total. The first-order valence-electron chi connectivity index (χ1n) is 10.6. The number of amides is 1. The first-order valence-corrected chi connectivity index (χ1v) is 10.6. The summed E-state index contributed by atoms with van der Waals surface area (Å²) in [6.45, 7) is 12.4. The molecule has 0 bridgehead atoms. The number of carbonyl (C=O) groups excluding carboxylic acids is 1. The lowest BCUT2D eigenvalue weighted by Gasteiger charge is -2.35. The van der Waals surface area contributed by atoms with E-state index >= 15 is 0 Å². The predicted molar refractivity (Wildman–Crippen MR) is 120 cm³/mol. The zero-order valence-electron chi connectivity index (χ0n) is 18.4. The summed E-state index contributed by atoms with van der Waals surface area (Å²) in [7, 11) is -1.75. The quantitative estimate of drug-likeness (QED) is 0.356. The van der Waals surface area contributed by atoms with E-state index in [1.165, 1.54) is 5.56 Å². The summed E-state index contributed by atoms with van der Waals surface area (Å²) in [6.07, 6.45) is 0.110. The highest BCUT2D eigenvalue weighted by Gasteiger charge is 2.27. The van der Waals surface area contributed by atoms with Crippen molar-refractivity contribution in [1.29, 1.82) is 0 Å². The van der Waals surface area contributed by atoms with Gasteiger partial charge in [0.15, 0.2) is 0 Å². The van der Waals surface area contributed by atoms with Crippen molar-refractivity contribution in [3.63, 3.8) is 0 Å². The first-order chi connectivity index (χ1) is 14.2. The van der Waals surface area contributed by atoms with Gasteiger partial charge in [0.1, 0.15) is 12.3 Å². The molecule has 0 aromatic heterocycles. The van der Waals surface area contributed by atoms with Gasteiger partial charge in [0.2, 0.25) is 0 Å². The zero-order chi connectivity index (χ0) is 22.3. The van der Waals surface area contributed by atoms with Gasteiger partial charge in [0.25, 0.3) is 5.91 Å². The number of phenols is 1. The summed E-state index contributed by atoms with van der Waals surface area (Å²) in [6, 6.07) is 12.7. The Morgan fingerprint density at radius 2 is 1.63 bits per heavy atom. The Hall–Kier alpha value is -2.35. The maximum Gasteiger partial charge on any atom is 0.475 e. The summed E-state index contributed by atoms with van der Waals surface area (Å²) in [5.74, 6) is -1.21. The molecule has 2 aromatic carbocycles. The summed E-state index contributed by atoms with van der Waals surface area (Å²) in [4.78, 5) is 12.7. The molecule has 0 aliphatic rings. The van der Waals surface area contributed by atoms with Crippen LogP contribution in [0.5, 0.6) is 5.75 Å². The largest absolute Gasteiger partial charge is 0.507 e. The highest BCUT2D eigenvalue weighted by atomic mass is 16.4. The predicted octanol–water partition coefficient (Wildman–Crippen LogP) is 2.43. The van der Waals surface area contributed by atoms with Crippen molar-refractivity contribution in [2.45, 2.75) is 46.6 Å². The number of aryl methyl sites for hydroxylation is 1. The number of benzene rings is 2. The topological polar surface area (TPSA) is 89.8 Å². The fourth-order valence-corrected chi connectivity index (χ4v) is 3.76. The third kappa shape index (κ3) is 5.84. The molecule has 2 rings (SSSR count). The minimum Gasteiger partial charge on any atom is -0.507 e. The first kappa shape index (κ1) is 23.9. The zero-order valence-corrected chi connectivity index (χ0v) is 18.4. The Balaban J connectivity index is 2.10. The number of hydrogen-bond donors (Lipinski definition) is 4. The monoisotopic (exact) mass is 413 g/mol. The van der Waals surface area contributed by atoms with Crippen LogP contribution in [-0.2, 0) is 13.0 Å². The molecular formula is C23H34BN2O4+. The normalized spacial score (nSPS) is 12.5. The molecule has 0 fully saturated rings. The van der Waals surface area contributed by atoms with Crippen LogP contribution in [0.25, 0.3) is 0 Å². The number of para-hydroxylation sites is 1. The van der Waals surface area contributed by atoms with Gasteiger partial charge in [0, 0.05) is 11.1 Å². The van der Waals surface area contributed by atoms with Gasteiger partial charge in [-0.1, -0.05) is 30.3 Å².